The molecule has 1 saturated carbocycles. The first-order valence-corrected chi connectivity index (χ1v) is 12.7. The smallest absolute Gasteiger partial charge is 0.349 e. The number of hydrogen-bond donors (Lipinski definition) is 4. The average Bonchev–Trinajstić information content (AvgIpc) is 2.75. The number of nitrogens with one attached hydrogen (secondary N) is 2. The van der Waals surface area contributed by atoms with E-state index in [9.17, 15) is 37.0 Å². The van der Waals surface area contributed by atoms with Crippen LogP contribution >= 0.6 is 23.2 Å². The highest BCUT2D eigenvalue weighted by atomic mass is 35.5. The molecule has 4 N–H and O–H groups in total. The number of sulfonamides is 1. The molecule has 2 aromatic carbocycles. The van der Waals surface area contributed by atoms with Gasteiger partial charge in [0, 0.05) is 17.6 Å². The van der Waals surface area contributed by atoms with E-state index in [1.807, 2.05) is 0 Å². The van der Waals surface area contributed by atoms with E-state index in [1.54, 1.807) is 12.8 Å². The number of benzene rings is 2. The van der Waals surface area contributed by atoms with Gasteiger partial charge in [-0.1, -0.05) is 23.2 Å². The lowest BCUT2D eigenvalue weighted by molar-refractivity contribution is 0.0275. The van der Waals surface area contributed by atoms with Gasteiger partial charge in [0.25, 0.3) is 12.0 Å². The fourth-order valence-corrected chi connectivity index (χ4v) is 5.66. The van der Waals surface area contributed by atoms with Crippen molar-refractivity contribution >= 4 is 41.1 Å². The quantitative estimate of drug-likeness (QED) is 0.307. The molecule has 0 unspecified atom stereocenters. The van der Waals surface area contributed by atoms with Gasteiger partial charge in [0.15, 0.2) is 11.4 Å². The Hall–Kier alpha value is -2.98. The minimum Gasteiger partial charge on any atom is -0.507 e. The Kier molecular flexibility index (Phi) is 7.11. The van der Waals surface area contributed by atoms with Gasteiger partial charge in [0.05, 0.1) is 15.7 Å². The van der Waals surface area contributed by atoms with Gasteiger partial charge >= 0.3 is 5.69 Å². The molecule has 0 saturated heterocycles. The van der Waals surface area contributed by atoms with Crippen molar-refractivity contribution in [1.29, 1.82) is 0 Å². The van der Waals surface area contributed by atoms with Crippen LogP contribution in [0.15, 0.2) is 44.8 Å². The minimum atomic E-state index is -4.19. The van der Waals surface area contributed by atoms with E-state index in [1.165, 1.54) is 6.07 Å². The number of phenols is 1. The van der Waals surface area contributed by atoms with Gasteiger partial charge in [0.2, 0.25) is 10.0 Å². The normalized spacial score (nSPS) is 19.6. The van der Waals surface area contributed by atoms with Crippen LogP contribution in [0.4, 0.5) is 8.78 Å². The lowest BCUT2D eigenvalue weighted by Gasteiger charge is -2.41. The van der Waals surface area contributed by atoms with Crippen molar-refractivity contribution in [2.75, 3.05) is 0 Å². The van der Waals surface area contributed by atoms with Crippen molar-refractivity contribution in [3.8, 4) is 22.9 Å². The number of phenolic OH excluding ortho intramolecular Hbond substituents is 1. The zero-order valence-electron chi connectivity index (χ0n) is 18.7. The maximum absolute atomic E-state index is 13.0. The number of rotatable bonds is 7. The monoisotopic (exact) mass is 576 g/mol. The summed E-state index contributed by atoms with van der Waals surface area (Å²) in [5.74, 6) is -0.831. The fourth-order valence-electron chi connectivity index (χ4n) is 3.76. The van der Waals surface area contributed by atoms with Crippen LogP contribution in [0.25, 0.3) is 5.69 Å². The van der Waals surface area contributed by atoms with Gasteiger partial charge in [-0.3, -0.25) is 9.78 Å². The van der Waals surface area contributed by atoms with Crippen molar-refractivity contribution in [3.63, 3.8) is 0 Å². The van der Waals surface area contributed by atoms with Crippen molar-refractivity contribution in [2.24, 2.45) is 0 Å². The SMILES string of the molecule is B[C@]1(O)C[C@@H](NS(=O)(=O)c2cc(Oc3c(Cl)cc(-n4nc(C(F)F)c(=O)[nH]c4=O)cc3Cl)ccc2O)C1. The molecule has 1 heterocycles. The predicted molar refractivity (Wildman–Crippen MR) is 130 cm³/mol. The fraction of sp³-hybridized carbons (Fsp3) is 0.250. The first kappa shape index (κ1) is 27.1. The molecule has 0 atom stereocenters. The van der Waals surface area contributed by atoms with Crippen LogP contribution in [-0.2, 0) is 10.0 Å². The molecule has 0 amide bonds. The molecular formula is C20H17BCl2F2N4O7S. The summed E-state index contributed by atoms with van der Waals surface area (Å²) in [6.45, 7) is 0. The van der Waals surface area contributed by atoms with Gasteiger partial charge in [-0.05, 0) is 37.1 Å². The number of aromatic nitrogens is 3. The first-order valence-electron chi connectivity index (χ1n) is 10.4. The molecule has 11 nitrogen and oxygen atoms in total. The Morgan fingerprint density at radius 2 is 1.84 bits per heavy atom. The molecule has 0 aliphatic heterocycles. The van der Waals surface area contributed by atoms with Gasteiger partial charge < -0.3 is 14.9 Å². The second-order valence-electron chi connectivity index (χ2n) is 8.55. The third-order valence-electron chi connectivity index (χ3n) is 5.42. The Balaban J connectivity index is 1.64. The molecular weight excluding hydrogens is 560 g/mol. The van der Waals surface area contributed by atoms with Gasteiger partial charge in [-0.25, -0.2) is 26.7 Å². The molecule has 0 spiro atoms. The van der Waals surface area contributed by atoms with Gasteiger partial charge in [-0.2, -0.15) is 9.78 Å². The Morgan fingerprint density at radius 3 is 2.41 bits per heavy atom. The summed E-state index contributed by atoms with van der Waals surface area (Å²) < 4.78 is 60.1. The summed E-state index contributed by atoms with van der Waals surface area (Å²) in [6.07, 6.45) is -2.85. The number of H-pyrrole nitrogens is 1. The van der Waals surface area contributed by atoms with Crippen molar-refractivity contribution in [3.05, 3.63) is 66.9 Å². The van der Waals surface area contributed by atoms with Crippen LogP contribution in [-0.4, -0.2) is 52.8 Å². The maximum Gasteiger partial charge on any atom is 0.349 e. The second kappa shape index (κ2) is 9.72. The summed E-state index contributed by atoms with van der Waals surface area (Å²) >= 11 is 12.5. The zero-order valence-corrected chi connectivity index (χ0v) is 21.0. The first-order chi connectivity index (χ1) is 17.2. The van der Waals surface area contributed by atoms with Crippen LogP contribution in [0.1, 0.15) is 25.0 Å². The van der Waals surface area contributed by atoms with Gasteiger partial charge in [0.1, 0.15) is 24.2 Å². The van der Waals surface area contributed by atoms with E-state index in [-0.39, 0.29) is 40.1 Å². The van der Waals surface area contributed by atoms with Crippen LogP contribution in [0.3, 0.4) is 0 Å². The van der Waals surface area contributed by atoms with Crippen LogP contribution in [0.2, 0.25) is 10.0 Å². The maximum atomic E-state index is 13.0. The number of ether oxygens (including phenoxy) is 1. The molecule has 1 aliphatic carbocycles. The minimum absolute atomic E-state index is 0.0883. The Labute approximate surface area is 218 Å². The highest BCUT2D eigenvalue weighted by Crippen LogP contribution is 2.40. The average molecular weight is 577 g/mol. The molecule has 3 aromatic rings. The third kappa shape index (κ3) is 5.65. The lowest BCUT2D eigenvalue weighted by atomic mass is 9.63. The number of hydrogen-bond acceptors (Lipinski definition) is 8. The number of alkyl halides is 2. The topological polar surface area (TPSA) is 164 Å². The summed E-state index contributed by atoms with van der Waals surface area (Å²) in [5, 5.41) is 22.9. The standard InChI is InChI=1S/C20H17BCl2F2N4O7S/c21-20(33)6-8(7-20)28-37(34,35)14-5-10(1-2-13(14)30)36-16-11(22)3-9(4-12(16)23)29-19(32)26-18(31)15(27-29)17(24)25/h1-5,8,17,28,30,33H,6-7,21H2,(H,26,31,32)/t8-,20+. The molecule has 37 heavy (non-hydrogen) atoms. The highest BCUT2D eigenvalue weighted by Gasteiger charge is 2.40. The molecule has 1 aliphatic rings. The number of aromatic hydroxyl groups is 1. The van der Waals surface area contributed by atoms with E-state index < -0.39 is 55.6 Å². The van der Waals surface area contributed by atoms with Crippen molar-refractivity contribution in [1.82, 2.24) is 19.5 Å². The van der Waals surface area contributed by atoms with Crippen molar-refractivity contribution < 1.29 is 32.1 Å². The summed E-state index contributed by atoms with van der Waals surface area (Å²) in [7, 11) is -2.62. The summed E-state index contributed by atoms with van der Waals surface area (Å²) in [4.78, 5) is 24.9. The Morgan fingerprint density at radius 1 is 1.22 bits per heavy atom. The van der Waals surface area contributed by atoms with E-state index in [4.69, 9.17) is 27.9 Å². The van der Waals surface area contributed by atoms with E-state index >= 15 is 0 Å². The van der Waals surface area contributed by atoms with E-state index in [2.05, 4.69) is 9.82 Å². The number of nitrogens with zero attached hydrogens (tertiary/aromatic N) is 2. The van der Waals surface area contributed by atoms with Crippen LogP contribution in [0, 0.1) is 0 Å². The molecule has 1 aromatic heterocycles. The molecule has 1 fully saturated rings. The lowest BCUT2D eigenvalue weighted by Crippen LogP contribution is -2.55. The van der Waals surface area contributed by atoms with Crippen molar-refractivity contribution in [2.45, 2.75) is 35.7 Å². The molecule has 17 heteroatoms. The summed E-state index contributed by atoms with van der Waals surface area (Å²) in [6, 6.07) is 5.03. The largest absolute Gasteiger partial charge is 0.507 e. The van der Waals surface area contributed by atoms with Crippen LogP contribution in [0.5, 0.6) is 17.2 Å². The molecule has 0 bridgehead atoms. The summed E-state index contributed by atoms with van der Waals surface area (Å²) in [5.41, 5.74) is -4.80. The van der Waals surface area contributed by atoms with Gasteiger partial charge in [-0.15, -0.1) is 0 Å². The number of aromatic amines is 1. The molecule has 0 radical (unpaired) electrons. The zero-order chi connectivity index (χ0) is 27.3. The van der Waals surface area contributed by atoms with E-state index in [0.717, 1.165) is 24.3 Å². The molecule has 4 rings (SSSR count). The number of halogens is 4. The van der Waals surface area contributed by atoms with Crippen LogP contribution < -0.4 is 20.7 Å². The highest BCUT2D eigenvalue weighted by molar-refractivity contribution is 7.89. The second-order valence-corrected chi connectivity index (χ2v) is 11.0. The van der Waals surface area contributed by atoms with E-state index in [0.29, 0.717) is 4.68 Å². The third-order valence-corrected chi connectivity index (χ3v) is 7.53. The predicted octanol–water partition coefficient (Wildman–Crippen LogP) is 1.43. The molecule has 196 valence electrons. The number of aliphatic hydroxyl groups is 1. The Bertz CT molecular complexity index is 1580.